The quantitative estimate of drug-likeness (QED) is 0.712. The monoisotopic (exact) mass is 239 g/mol. The Morgan fingerprint density at radius 3 is 2.59 bits per heavy atom. The van der Waals surface area contributed by atoms with Gasteiger partial charge in [0.2, 0.25) is 0 Å². The fraction of sp³-hybridized carbons (Fsp3) is 0.538. The van der Waals surface area contributed by atoms with Crippen LogP contribution in [-0.2, 0) is 4.74 Å². The van der Waals surface area contributed by atoms with Gasteiger partial charge < -0.3 is 19.9 Å². The molecule has 0 aromatic heterocycles. The van der Waals surface area contributed by atoms with Gasteiger partial charge in [-0.15, -0.1) is 0 Å². The molecule has 0 saturated carbocycles. The standard InChI is InChI=1S/C13H21NO3/c1-11(9-16-2)14-8-12(15)10-17-13-6-4-3-5-7-13/h3-7,11-12,14-15H,8-10H2,1-2H3/t11-,12+/m0/s1. The van der Waals surface area contributed by atoms with Gasteiger partial charge in [-0.2, -0.15) is 0 Å². The number of aliphatic hydroxyl groups is 1. The molecule has 0 aliphatic carbocycles. The number of nitrogens with one attached hydrogen (secondary N) is 1. The Labute approximate surface area is 103 Å². The summed E-state index contributed by atoms with van der Waals surface area (Å²) in [6.07, 6.45) is -0.519. The van der Waals surface area contributed by atoms with Crippen molar-refractivity contribution in [3.63, 3.8) is 0 Å². The molecular formula is C13H21NO3. The minimum Gasteiger partial charge on any atom is -0.491 e. The molecule has 0 saturated heterocycles. The van der Waals surface area contributed by atoms with Crippen LogP contribution in [0.5, 0.6) is 5.75 Å². The van der Waals surface area contributed by atoms with Crippen molar-refractivity contribution in [2.45, 2.75) is 19.1 Å². The summed E-state index contributed by atoms with van der Waals surface area (Å²) in [7, 11) is 1.66. The summed E-state index contributed by atoms with van der Waals surface area (Å²) < 4.78 is 10.4. The van der Waals surface area contributed by atoms with E-state index in [9.17, 15) is 5.11 Å². The number of para-hydroxylation sites is 1. The zero-order valence-corrected chi connectivity index (χ0v) is 10.4. The van der Waals surface area contributed by atoms with Crippen molar-refractivity contribution in [3.8, 4) is 5.75 Å². The lowest BCUT2D eigenvalue weighted by molar-refractivity contribution is 0.0973. The Balaban J connectivity index is 2.15. The van der Waals surface area contributed by atoms with E-state index in [1.54, 1.807) is 7.11 Å². The predicted octanol–water partition coefficient (Wildman–Crippen LogP) is 1.05. The SMILES string of the molecule is COC[C@H](C)NC[C@@H](O)COc1ccccc1. The molecule has 0 aliphatic rings. The van der Waals surface area contributed by atoms with Gasteiger partial charge in [-0.1, -0.05) is 18.2 Å². The maximum absolute atomic E-state index is 9.70. The zero-order chi connectivity index (χ0) is 12.5. The van der Waals surface area contributed by atoms with Gasteiger partial charge in [-0.05, 0) is 19.1 Å². The molecule has 0 aliphatic heterocycles. The molecule has 4 heteroatoms. The lowest BCUT2D eigenvalue weighted by atomic mass is 10.3. The van der Waals surface area contributed by atoms with E-state index < -0.39 is 6.10 Å². The molecule has 96 valence electrons. The molecule has 0 radical (unpaired) electrons. The summed E-state index contributed by atoms with van der Waals surface area (Å²) >= 11 is 0. The fourth-order valence-electron chi connectivity index (χ4n) is 1.41. The average molecular weight is 239 g/mol. The number of hydrogen-bond donors (Lipinski definition) is 2. The molecule has 4 nitrogen and oxygen atoms in total. The van der Waals surface area contributed by atoms with Gasteiger partial charge in [0.15, 0.2) is 0 Å². The number of methoxy groups -OCH3 is 1. The number of aliphatic hydroxyl groups excluding tert-OH is 1. The second-order valence-corrected chi connectivity index (χ2v) is 4.04. The Morgan fingerprint density at radius 1 is 1.24 bits per heavy atom. The van der Waals surface area contributed by atoms with Crippen LogP contribution in [0.2, 0.25) is 0 Å². The third kappa shape index (κ3) is 6.26. The molecule has 1 rings (SSSR count). The van der Waals surface area contributed by atoms with Gasteiger partial charge in [-0.3, -0.25) is 0 Å². The van der Waals surface area contributed by atoms with Crippen molar-refractivity contribution in [1.29, 1.82) is 0 Å². The molecule has 0 fully saturated rings. The summed E-state index contributed by atoms with van der Waals surface area (Å²) in [6, 6.07) is 9.70. The fourth-order valence-corrected chi connectivity index (χ4v) is 1.41. The summed E-state index contributed by atoms with van der Waals surface area (Å²) in [5.74, 6) is 0.775. The molecule has 0 heterocycles. The van der Waals surface area contributed by atoms with Crippen LogP contribution in [0.4, 0.5) is 0 Å². The predicted molar refractivity (Wildman–Crippen MR) is 67.3 cm³/mol. The topological polar surface area (TPSA) is 50.7 Å². The van der Waals surface area contributed by atoms with Crippen LogP contribution in [0.3, 0.4) is 0 Å². The first-order valence-electron chi connectivity index (χ1n) is 5.80. The van der Waals surface area contributed by atoms with E-state index in [4.69, 9.17) is 9.47 Å². The van der Waals surface area contributed by atoms with Crippen LogP contribution in [0.15, 0.2) is 30.3 Å². The van der Waals surface area contributed by atoms with Gasteiger partial charge in [0, 0.05) is 19.7 Å². The van der Waals surface area contributed by atoms with E-state index in [0.717, 1.165) is 5.75 Å². The Morgan fingerprint density at radius 2 is 1.94 bits per heavy atom. The average Bonchev–Trinajstić information content (AvgIpc) is 2.35. The third-order valence-corrected chi connectivity index (χ3v) is 2.30. The lowest BCUT2D eigenvalue weighted by Gasteiger charge is -2.16. The van der Waals surface area contributed by atoms with E-state index in [2.05, 4.69) is 5.32 Å². The summed E-state index contributed by atoms with van der Waals surface area (Å²) in [6.45, 7) is 3.43. The van der Waals surface area contributed by atoms with E-state index in [-0.39, 0.29) is 12.6 Å². The van der Waals surface area contributed by atoms with Crippen molar-refractivity contribution in [2.24, 2.45) is 0 Å². The van der Waals surface area contributed by atoms with Crippen LogP contribution in [0.25, 0.3) is 0 Å². The van der Waals surface area contributed by atoms with Crippen molar-refractivity contribution in [2.75, 3.05) is 26.9 Å². The number of benzene rings is 1. The van der Waals surface area contributed by atoms with Crippen LogP contribution < -0.4 is 10.1 Å². The van der Waals surface area contributed by atoms with Crippen molar-refractivity contribution >= 4 is 0 Å². The lowest BCUT2D eigenvalue weighted by Crippen LogP contribution is -2.38. The van der Waals surface area contributed by atoms with Gasteiger partial charge in [0.1, 0.15) is 18.5 Å². The largest absolute Gasteiger partial charge is 0.491 e. The van der Waals surface area contributed by atoms with E-state index >= 15 is 0 Å². The number of rotatable bonds is 8. The van der Waals surface area contributed by atoms with Crippen LogP contribution in [0.1, 0.15) is 6.92 Å². The first-order valence-corrected chi connectivity index (χ1v) is 5.80. The van der Waals surface area contributed by atoms with E-state index in [1.807, 2.05) is 37.3 Å². The highest BCUT2D eigenvalue weighted by Gasteiger charge is 2.07. The Bertz CT molecular complexity index is 292. The molecule has 17 heavy (non-hydrogen) atoms. The molecule has 1 aromatic rings. The molecule has 0 bridgehead atoms. The van der Waals surface area contributed by atoms with E-state index in [0.29, 0.717) is 13.2 Å². The normalized spacial score (nSPS) is 14.3. The van der Waals surface area contributed by atoms with Gasteiger partial charge >= 0.3 is 0 Å². The second kappa shape index (κ2) is 8.06. The molecule has 0 unspecified atom stereocenters. The molecule has 1 aromatic carbocycles. The minimum absolute atomic E-state index is 0.228. The highest BCUT2D eigenvalue weighted by Crippen LogP contribution is 2.08. The van der Waals surface area contributed by atoms with Gasteiger partial charge in [0.25, 0.3) is 0 Å². The smallest absolute Gasteiger partial charge is 0.119 e. The Hall–Kier alpha value is -1.10. The third-order valence-electron chi connectivity index (χ3n) is 2.30. The molecule has 0 amide bonds. The molecule has 0 spiro atoms. The highest BCUT2D eigenvalue weighted by molar-refractivity contribution is 5.20. The molecule has 2 N–H and O–H groups in total. The van der Waals surface area contributed by atoms with Gasteiger partial charge in [0.05, 0.1) is 6.61 Å². The maximum atomic E-state index is 9.70. The summed E-state index contributed by atoms with van der Waals surface area (Å²) in [4.78, 5) is 0. The van der Waals surface area contributed by atoms with Crippen molar-refractivity contribution in [3.05, 3.63) is 30.3 Å². The molecular weight excluding hydrogens is 218 g/mol. The van der Waals surface area contributed by atoms with Crippen LogP contribution in [0, 0.1) is 0 Å². The first kappa shape index (κ1) is 14.0. The van der Waals surface area contributed by atoms with Crippen LogP contribution in [-0.4, -0.2) is 44.1 Å². The maximum Gasteiger partial charge on any atom is 0.119 e. The minimum atomic E-state index is -0.519. The second-order valence-electron chi connectivity index (χ2n) is 4.04. The van der Waals surface area contributed by atoms with Crippen LogP contribution >= 0.6 is 0 Å². The Kier molecular flexibility index (Phi) is 6.62. The highest BCUT2D eigenvalue weighted by atomic mass is 16.5. The van der Waals surface area contributed by atoms with Gasteiger partial charge in [-0.25, -0.2) is 0 Å². The summed E-state index contributed by atoms with van der Waals surface area (Å²) in [5, 5.41) is 12.9. The van der Waals surface area contributed by atoms with E-state index in [1.165, 1.54) is 0 Å². The number of ether oxygens (including phenoxy) is 2. The summed E-state index contributed by atoms with van der Waals surface area (Å²) in [5.41, 5.74) is 0. The molecule has 2 atom stereocenters. The van der Waals surface area contributed by atoms with Crippen molar-refractivity contribution in [1.82, 2.24) is 5.32 Å². The zero-order valence-electron chi connectivity index (χ0n) is 10.4. The first-order chi connectivity index (χ1) is 8.22. The number of hydrogen-bond acceptors (Lipinski definition) is 4. The van der Waals surface area contributed by atoms with Crippen molar-refractivity contribution < 1.29 is 14.6 Å².